The van der Waals surface area contributed by atoms with Gasteiger partial charge in [-0.3, -0.25) is 0 Å². The molecule has 0 radical (unpaired) electrons. The van der Waals surface area contributed by atoms with E-state index < -0.39 is 0 Å². The first-order valence-corrected chi connectivity index (χ1v) is 8.42. The van der Waals surface area contributed by atoms with Crippen molar-refractivity contribution in [2.75, 3.05) is 6.61 Å². The summed E-state index contributed by atoms with van der Waals surface area (Å²) in [7, 11) is 0. The Morgan fingerprint density at radius 3 is 2.30 bits per heavy atom. The summed E-state index contributed by atoms with van der Waals surface area (Å²) < 4.78 is 5.12. The molecule has 0 aromatic heterocycles. The van der Waals surface area contributed by atoms with Crippen LogP contribution in [0.3, 0.4) is 0 Å². The van der Waals surface area contributed by atoms with Crippen LogP contribution in [0.15, 0.2) is 72.3 Å². The van der Waals surface area contributed by atoms with Crippen LogP contribution in [0.5, 0.6) is 0 Å². The number of benzene rings is 2. The van der Waals surface area contributed by atoms with E-state index in [2.05, 4.69) is 4.98 Å². The van der Waals surface area contributed by atoms with Crippen molar-refractivity contribution >= 4 is 11.8 Å². The Bertz CT molecular complexity index is 681. The molecule has 0 saturated heterocycles. The molecule has 2 rings (SSSR count). The second-order valence-corrected chi connectivity index (χ2v) is 5.90. The largest absolute Gasteiger partial charge is 0.475 e. The van der Waals surface area contributed by atoms with Crippen molar-refractivity contribution in [3.63, 3.8) is 0 Å². The maximum absolute atomic E-state index is 10.0. The van der Waals surface area contributed by atoms with E-state index in [1.165, 1.54) is 0 Å². The van der Waals surface area contributed by atoms with Crippen LogP contribution < -0.4 is 0 Å². The third kappa shape index (κ3) is 4.76. The van der Waals surface area contributed by atoms with E-state index in [9.17, 15) is 10.5 Å². The van der Waals surface area contributed by atoms with Gasteiger partial charge in [0.25, 0.3) is 0 Å². The smallest absolute Gasteiger partial charge is 0.457 e. The molecule has 118 valence electrons. The Kier molecular flexibility index (Phi) is 6.52. The maximum Gasteiger partial charge on any atom is 0.457 e. The number of thioether (sulfide) groups is 1. The van der Waals surface area contributed by atoms with E-state index in [0.29, 0.717) is 6.61 Å². The molecule has 1 N–H and O–H groups in total. The average molecular weight is 327 g/mol. The predicted octanol–water partition coefficient (Wildman–Crippen LogP) is 5.28. The van der Waals surface area contributed by atoms with Gasteiger partial charge in [0, 0.05) is 5.75 Å². The number of ether oxygens (including phenoxy) is 1. The highest BCUT2D eigenvalue weighted by Gasteiger charge is 2.34. The zero-order valence-corrected chi connectivity index (χ0v) is 13.7. The molecule has 0 heterocycles. The first kappa shape index (κ1) is 16.9. The fourth-order valence-corrected chi connectivity index (χ4v) is 3.34. The zero-order valence-electron chi connectivity index (χ0n) is 12.9. The number of rotatable bonds is 7. The van der Waals surface area contributed by atoms with Gasteiger partial charge >= 0.3 is 11.6 Å². The second-order valence-electron chi connectivity index (χ2n) is 4.81. The highest BCUT2D eigenvalue weighted by atomic mass is 32.2. The molecule has 0 aliphatic carbocycles. The van der Waals surface area contributed by atoms with Crippen molar-refractivity contribution in [1.29, 1.82) is 5.39 Å². The lowest BCUT2D eigenvalue weighted by molar-refractivity contribution is 0.0981. The summed E-state index contributed by atoms with van der Waals surface area (Å²) in [5.74, 6) is 0.378. The quantitative estimate of drug-likeness (QED) is 0.555. The molecule has 0 amide bonds. The molecule has 2 aromatic rings. The minimum Gasteiger partial charge on any atom is -0.475 e. The minimum atomic E-state index is -0.343. The van der Waals surface area contributed by atoms with Gasteiger partial charge in [-0.2, -0.15) is 0 Å². The normalized spacial score (nSPS) is 12.9. The lowest BCUT2D eigenvalue weighted by Crippen LogP contribution is -2.03. The lowest BCUT2D eigenvalue weighted by atomic mass is 10.1. The predicted molar refractivity (Wildman–Crippen MR) is 93.3 cm³/mol. The fraction of sp³-hybridized carbons (Fsp3) is 0.222. The molecule has 4 nitrogen and oxygen atoms in total. The van der Waals surface area contributed by atoms with Gasteiger partial charge in [-0.15, -0.1) is 11.8 Å². The van der Waals surface area contributed by atoms with E-state index in [1.807, 2.05) is 60.7 Å². The summed E-state index contributed by atoms with van der Waals surface area (Å²) in [6.07, 6.45) is 0. The van der Waals surface area contributed by atoms with Gasteiger partial charge in [0.15, 0.2) is 4.98 Å². The van der Waals surface area contributed by atoms with E-state index >= 15 is 0 Å². The zero-order chi connectivity index (χ0) is 16.5. The van der Waals surface area contributed by atoms with Crippen molar-refractivity contribution in [3.8, 4) is 0 Å². The van der Waals surface area contributed by atoms with Crippen LogP contribution in [0.1, 0.15) is 23.3 Å². The minimum absolute atomic E-state index is 0.124. The molecule has 1 atom stereocenters. The summed E-state index contributed by atoms with van der Waals surface area (Å²) in [6, 6.07) is 19.6. The van der Waals surface area contributed by atoms with Gasteiger partial charge in [0.2, 0.25) is 5.39 Å². The van der Waals surface area contributed by atoms with Gasteiger partial charge in [0.1, 0.15) is 5.25 Å². The number of aliphatic hydroxyl groups excluding tert-OH is 1. The Morgan fingerprint density at radius 2 is 1.74 bits per heavy atom. The number of diazo groups is 1. The van der Waals surface area contributed by atoms with Gasteiger partial charge in [-0.05, 0) is 18.1 Å². The van der Waals surface area contributed by atoms with Crippen LogP contribution in [-0.4, -0.2) is 11.7 Å². The summed E-state index contributed by atoms with van der Waals surface area (Å²) >= 11 is 1.56. The van der Waals surface area contributed by atoms with Crippen LogP contribution in [0, 0.1) is 5.39 Å². The Hall–Kier alpha value is -2.45. The SMILES string of the molecule is CCO/C(O)=C(\[N+]#N)C(SCc1ccccc1)c1ccccc1. The van der Waals surface area contributed by atoms with E-state index in [4.69, 9.17) is 4.74 Å². The first-order chi connectivity index (χ1) is 11.3. The van der Waals surface area contributed by atoms with Gasteiger partial charge in [-0.1, -0.05) is 60.7 Å². The van der Waals surface area contributed by atoms with Crippen LogP contribution in [0.25, 0.3) is 4.98 Å². The van der Waals surface area contributed by atoms with Crippen LogP contribution >= 0.6 is 11.8 Å². The van der Waals surface area contributed by atoms with Gasteiger partial charge in [-0.25, -0.2) is 0 Å². The third-order valence-corrected chi connectivity index (χ3v) is 4.55. The topological polar surface area (TPSA) is 57.6 Å². The molecule has 0 fully saturated rings. The number of hydrogen-bond acceptors (Lipinski definition) is 4. The highest BCUT2D eigenvalue weighted by Crippen LogP contribution is 2.39. The number of nitrogens with zero attached hydrogens (tertiary/aromatic N) is 2. The summed E-state index contributed by atoms with van der Waals surface area (Å²) in [5, 5.41) is 19.1. The standard InChI is InChI=1S/C18H18N2O2S/c1-2-22-18(21)16(20-19)17(15-11-7-4-8-12-15)23-13-14-9-5-3-6-10-14/h3-12,17H,2,13H2,1H3/p+1/b18-16-. The molecule has 5 heteroatoms. The molecule has 0 aliphatic heterocycles. The van der Waals surface area contributed by atoms with Crippen molar-refractivity contribution in [2.45, 2.75) is 17.9 Å². The van der Waals surface area contributed by atoms with Crippen LogP contribution in [0.4, 0.5) is 0 Å². The van der Waals surface area contributed by atoms with E-state index in [1.54, 1.807) is 18.7 Å². The van der Waals surface area contributed by atoms with Crippen molar-refractivity contribution in [2.24, 2.45) is 0 Å². The molecule has 0 spiro atoms. The molecular weight excluding hydrogens is 308 g/mol. The number of aliphatic hydroxyl groups is 1. The molecule has 1 unspecified atom stereocenters. The summed E-state index contributed by atoms with van der Waals surface area (Å²) in [4.78, 5) is 3.28. The fourth-order valence-electron chi connectivity index (χ4n) is 2.13. The lowest BCUT2D eigenvalue weighted by Gasteiger charge is -2.11. The van der Waals surface area contributed by atoms with Crippen molar-refractivity contribution in [3.05, 3.63) is 88.4 Å². The molecular formula is C18H19N2O2S+. The molecule has 0 bridgehead atoms. The summed E-state index contributed by atoms with van der Waals surface area (Å²) in [6.45, 7) is 2.07. The van der Waals surface area contributed by atoms with Crippen molar-refractivity contribution in [1.82, 2.24) is 0 Å². The Balaban J connectivity index is 2.29. The maximum atomic E-state index is 10.0. The highest BCUT2D eigenvalue weighted by molar-refractivity contribution is 7.99. The van der Waals surface area contributed by atoms with Crippen LogP contribution in [-0.2, 0) is 10.5 Å². The van der Waals surface area contributed by atoms with E-state index in [-0.39, 0.29) is 16.9 Å². The second kappa shape index (κ2) is 8.86. The molecule has 0 saturated carbocycles. The third-order valence-electron chi connectivity index (χ3n) is 3.22. The summed E-state index contributed by atoms with van der Waals surface area (Å²) in [5.41, 5.74) is 2.22. The van der Waals surface area contributed by atoms with Gasteiger partial charge < -0.3 is 9.84 Å². The molecule has 0 aliphatic rings. The monoisotopic (exact) mass is 327 g/mol. The average Bonchev–Trinajstić information content (AvgIpc) is 2.60. The number of hydrogen-bond donors (Lipinski definition) is 1. The van der Waals surface area contributed by atoms with Gasteiger partial charge in [0.05, 0.1) is 6.61 Å². The molecule has 23 heavy (non-hydrogen) atoms. The van der Waals surface area contributed by atoms with Crippen LogP contribution in [0.2, 0.25) is 0 Å². The van der Waals surface area contributed by atoms with E-state index in [0.717, 1.165) is 16.9 Å². The first-order valence-electron chi connectivity index (χ1n) is 7.37. The Morgan fingerprint density at radius 1 is 1.13 bits per heavy atom. The van der Waals surface area contributed by atoms with Crippen molar-refractivity contribution < 1.29 is 9.84 Å². The Labute approximate surface area is 140 Å². The molecule has 2 aromatic carbocycles.